The number of aryl methyl sites for hydroxylation is 15. The molecule has 0 unspecified atom stereocenters. The van der Waals surface area contributed by atoms with Crippen LogP contribution in [0.15, 0.2) is 98.4 Å². The van der Waals surface area contributed by atoms with Crippen molar-refractivity contribution < 1.29 is 0 Å². The molecule has 9 nitrogen and oxygen atoms in total. The SMILES string of the molecule is CC.CC.CC.CC.CC.CC.CC.CC.CC.CC.Cc1cc2cccc(C)n2c1C.Cc1cc2nccc(C)n2c1C.Cc1cn2ccnc(C)c2c1C.Cc1cn2cncc(C)c2c1C.Cc1cn2nccc(C)c2c1C. The van der Waals surface area contributed by atoms with Gasteiger partial charge in [-0.3, -0.25) is 4.98 Å². The second-order valence-corrected chi connectivity index (χ2v) is 16.3. The van der Waals surface area contributed by atoms with Crippen molar-refractivity contribution in [3.63, 3.8) is 0 Å². The first-order valence-electron chi connectivity index (χ1n) is 30.6. The number of hydrogen-bond acceptors (Lipinski definition) is 4. The maximum absolute atomic E-state index is 4.29. The number of nitrogens with zero attached hydrogens (tertiary/aromatic N) is 9. The van der Waals surface area contributed by atoms with E-state index in [1.54, 1.807) is 0 Å². The highest BCUT2D eigenvalue weighted by Crippen LogP contribution is 2.21. The summed E-state index contributed by atoms with van der Waals surface area (Å²) in [5, 5.41) is 4.24. The van der Waals surface area contributed by atoms with Gasteiger partial charge >= 0.3 is 0 Å². The van der Waals surface area contributed by atoms with Crippen LogP contribution < -0.4 is 0 Å². The van der Waals surface area contributed by atoms with Crippen LogP contribution in [0.2, 0.25) is 0 Å². The Labute approximate surface area is 492 Å². The maximum atomic E-state index is 4.29. The molecule has 0 bridgehead atoms. The molecule has 0 radical (unpaired) electrons. The fourth-order valence-electron chi connectivity index (χ4n) is 8.05. The Bertz CT molecular complexity index is 2620. The third kappa shape index (κ3) is 23.3. The molecule has 0 aliphatic rings. The minimum absolute atomic E-state index is 1.05. The van der Waals surface area contributed by atoms with E-state index in [4.69, 9.17) is 0 Å². The summed E-state index contributed by atoms with van der Waals surface area (Å²) in [4.78, 5) is 12.7. The molecule has 0 aliphatic heterocycles. The highest BCUT2D eigenvalue weighted by molar-refractivity contribution is 5.64. The van der Waals surface area contributed by atoms with Crippen LogP contribution in [-0.2, 0) is 0 Å². The summed E-state index contributed by atoms with van der Waals surface area (Å²) in [6.07, 6.45) is 17.6. The Kier molecular flexibility index (Phi) is 48.7. The van der Waals surface area contributed by atoms with Crippen molar-refractivity contribution in [3.05, 3.63) is 182 Å². The van der Waals surface area contributed by atoms with Crippen LogP contribution in [0.4, 0.5) is 0 Å². The average molecular weight is 1100 g/mol. The summed E-state index contributed by atoms with van der Waals surface area (Å²) in [6, 6.07) is 14.8. The molecule has 0 spiro atoms. The second kappa shape index (κ2) is 47.3. The summed E-state index contributed by atoms with van der Waals surface area (Å²) in [5.74, 6) is 0. The predicted molar refractivity (Wildman–Crippen MR) is 363 cm³/mol. The van der Waals surface area contributed by atoms with E-state index in [0.29, 0.717) is 0 Å². The monoisotopic (exact) mass is 1100 g/mol. The van der Waals surface area contributed by atoms with Gasteiger partial charge in [-0.15, -0.1) is 0 Å². The number of fused-ring (bicyclic) bond motifs is 5. The van der Waals surface area contributed by atoms with Gasteiger partial charge in [-0.25, -0.2) is 14.5 Å². The lowest BCUT2D eigenvalue weighted by Crippen LogP contribution is -1.94. The Morgan fingerprint density at radius 2 is 0.825 bits per heavy atom. The first kappa shape index (κ1) is 82.4. The van der Waals surface area contributed by atoms with E-state index in [9.17, 15) is 0 Å². The maximum Gasteiger partial charge on any atom is 0.137 e. The van der Waals surface area contributed by atoms with Gasteiger partial charge in [0.1, 0.15) is 5.65 Å². The smallest absolute Gasteiger partial charge is 0.137 e. The van der Waals surface area contributed by atoms with Crippen molar-refractivity contribution in [2.45, 2.75) is 242 Å². The van der Waals surface area contributed by atoms with E-state index >= 15 is 0 Å². The van der Waals surface area contributed by atoms with Crippen molar-refractivity contribution in [2.24, 2.45) is 0 Å². The molecule has 0 aliphatic carbocycles. The lowest BCUT2D eigenvalue weighted by Gasteiger charge is -2.02. The van der Waals surface area contributed by atoms with E-state index in [1.165, 1.54) is 100 Å². The van der Waals surface area contributed by atoms with Gasteiger partial charge in [-0.1, -0.05) is 145 Å². The highest BCUT2D eigenvalue weighted by Gasteiger charge is 2.08. The third-order valence-electron chi connectivity index (χ3n) is 12.0. The van der Waals surface area contributed by atoms with Gasteiger partial charge in [-0.05, 0) is 196 Å². The molecule has 10 aromatic heterocycles. The van der Waals surface area contributed by atoms with E-state index in [0.717, 1.165) is 11.3 Å². The molecule has 0 atom stereocenters. The highest BCUT2D eigenvalue weighted by atomic mass is 15.2. The molecule has 10 heterocycles. The molecule has 0 saturated carbocycles. The van der Waals surface area contributed by atoms with Crippen LogP contribution >= 0.6 is 0 Å². The fraction of sp³-hybridized carbons (Fsp3) is 0.493. The zero-order valence-corrected chi connectivity index (χ0v) is 58.3. The lowest BCUT2D eigenvalue weighted by molar-refractivity contribution is 0.930. The van der Waals surface area contributed by atoms with Crippen LogP contribution in [0.5, 0.6) is 0 Å². The zero-order chi connectivity index (χ0) is 63.6. The minimum Gasteiger partial charge on any atom is -0.320 e. The van der Waals surface area contributed by atoms with Crippen molar-refractivity contribution >= 4 is 27.7 Å². The molecular weight excluding hydrogens is 979 g/mol. The number of aromatic nitrogens is 9. The molecule has 10 rings (SSSR count). The Morgan fingerprint density at radius 3 is 1.31 bits per heavy atom. The van der Waals surface area contributed by atoms with Crippen molar-refractivity contribution in [1.82, 2.24) is 42.2 Å². The number of pyridine rings is 1. The number of rotatable bonds is 0. The first-order chi connectivity index (χ1) is 38.5. The van der Waals surface area contributed by atoms with E-state index < -0.39 is 0 Å². The Hall–Kier alpha value is -6.48. The zero-order valence-electron chi connectivity index (χ0n) is 58.3. The molecule has 0 N–H and O–H groups in total. The predicted octanol–water partition coefficient (Wildman–Crippen LogP) is 22.2. The van der Waals surface area contributed by atoms with Gasteiger partial charge in [0.15, 0.2) is 0 Å². The van der Waals surface area contributed by atoms with E-state index in [2.05, 4.69) is 184 Å². The summed E-state index contributed by atoms with van der Waals surface area (Å²) < 4.78 is 10.6. The third-order valence-corrected chi connectivity index (χ3v) is 12.0. The van der Waals surface area contributed by atoms with Gasteiger partial charge < -0.3 is 17.6 Å². The number of hydrogen-bond donors (Lipinski definition) is 0. The van der Waals surface area contributed by atoms with Gasteiger partial charge in [0, 0.05) is 77.9 Å². The molecule has 10 aromatic rings. The molecule has 0 fully saturated rings. The Morgan fingerprint density at radius 1 is 0.362 bits per heavy atom. The fourth-order valence-corrected chi connectivity index (χ4v) is 8.05. The summed E-state index contributed by atoms with van der Waals surface area (Å²) in [7, 11) is 0. The van der Waals surface area contributed by atoms with Crippen molar-refractivity contribution in [3.8, 4) is 0 Å². The van der Waals surface area contributed by atoms with Crippen molar-refractivity contribution in [2.75, 3.05) is 0 Å². The standard InChI is InChI=1S/C11H13N.4C10H12N2.10C2H6/c1-8-7-11-6-4-5-9(2)12(11)10(8)3;1-7-4-11-6-12-5-8(2)9(3)10(7)12;1-7-6-12-5-4-11-9(3)10(12)8(7)2;1-7-6-10-11-5-4-8(2)12(10)9(7)3;1-7-4-5-11-12-6-8(2)9(3)10(7)12;10*1-2/h4-7H,1-3H3;4*4-6H,1-3H3;10*1-2H3. The normalized spacial score (nSPS) is 8.94. The van der Waals surface area contributed by atoms with E-state index in [-0.39, 0.29) is 0 Å². The summed E-state index contributed by atoms with van der Waals surface area (Å²) in [5.41, 5.74) is 25.6. The van der Waals surface area contributed by atoms with Crippen LogP contribution in [0.1, 0.15) is 223 Å². The minimum atomic E-state index is 1.05. The van der Waals surface area contributed by atoms with Gasteiger partial charge in [-0.2, -0.15) is 5.10 Å². The molecule has 9 heteroatoms. The Balaban J connectivity index is -0.000000271. The average Bonchev–Trinajstić information content (AvgIpc) is 4.26. The molecule has 0 aromatic carbocycles. The summed E-state index contributed by atoms with van der Waals surface area (Å²) >= 11 is 0. The van der Waals surface area contributed by atoms with Crippen LogP contribution in [-0.4, -0.2) is 42.2 Å². The van der Waals surface area contributed by atoms with Crippen LogP contribution in [0.25, 0.3) is 27.7 Å². The van der Waals surface area contributed by atoms with Gasteiger partial charge in [0.25, 0.3) is 0 Å². The van der Waals surface area contributed by atoms with Gasteiger partial charge in [0.05, 0.1) is 28.6 Å². The van der Waals surface area contributed by atoms with Gasteiger partial charge in [0.2, 0.25) is 0 Å². The topological polar surface area (TPSA) is 73.6 Å². The first-order valence-corrected chi connectivity index (χ1v) is 30.6. The second-order valence-electron chi connectivity index (χ2n) is 16.3. The lowest BCUT2D eigenvalue weighted by atomic mass is 10.1. The molecule has 450 valence electrons. The summed E-state index contributed by atoms with van der Waals surface area (Å²) in [6.45, 7) is 71.8. The molecule has 0 saturated heterocycles. The molecule has 0 amide bonds. The molecular formula is C71H121N9. The van der Waals surface area contributed by atoms with Crippen molar-refractivity contribution in [1.29, 1.82) is 0 Å². The van der Waals surface area contributed by atoms with Crippen LogP contribution in [0.3, 0.4) is 0 Å². The molecule has 80 heavy (non-hydrogen) atoms. The van der Waals surface area contributed by atoms with Crippen LogP contribution in [0, 0.1) is 104 Å². The quantitative estimate of drug-likeness (QED) is 0.152. The largest absolute Gasteiger partial charge is 0.320 e. The van der Waals surface area contributed by atoms with E-state index in [1.807, 2.05) is 199 Å².